The molecule has 0 aromatic heterocycles. The fourth-order valence-electron chi connectivity index (χ4n) is 3.73. The minimum Gasteiger partial charge on any atom is -0.494 e. The van der Waals surface area contributed by atoms with Crippen molar-refractivity contribution in [3.63, 3.8) is 0 Å². The van der Waals surface area contributed by atoms with E-state index < -0.39 is 11.8 Å². The molecule has 2 aliphatic rings. The van der Waals surface area contributed by atoms with Crippen molar-refractivity contribution in [3.05, 3.63) is 84.1 Å². The molecule has 3 aromatic carbocycles. The summed E-state index contributed by atoms with van der Waals surface area (Å²) in [4.78, 5) is 28.0. The fourth-order valence-corrected chi connectivity index (χ4v) is 3.73. The van der Waals surface area contributed by atoms with Crippen LogP contribution in [0.15, 0.2) is 78.5 Å². The van der Waals surface area contributed by atoms with Crippen molar-refractivity contribution in [2.45, 2.75) is 6.92 Å². The van der Waals surface area contributed by atoms with Gasteiger partial charge in [-0.3, -0.25) is 9.59 Å². The zero-order valence-corrected chi connectivity index (χ0v) is 17.3. The molecule has 3 aromatic rings. The second-order valence-corrected chi connectivity index (χ2v) is 7.18. The van der Waals surface area contributed by atoms with Gasteiger partial charge in [0, 0.05) is 11.8 Å². The Labute approximate surface area is 184 Å². The van der Waals surface area contributed by atoms with E-state index in [-0.39, 0.29) is 12.5 Å². The molecule has 0 bridgehead atoms. The minimum atomic E-state index is -0.428. The zero-order chi connectivity index (χ0) is 22.1. The summed E-state index contributed by atoms with van der Waals surface area (Å²) in [5.74, 6) is 1.08. The smallest absolute Gasteiger partial charge is 0.282 e. The van der Waals surface area contributed by atoms with E-state index in [4.69, 9.17) is 14.2 Å². The predicted octanol–water partition coefficient (Wildman–Crippen LogP) is 4.21. The molecule has 7 nitrogen and oxygen atoms in total. The van der Waals surface area contributed by atoms with Crippen molar-refractivity contribution in [2.24, 2.45) is 0 Å². The van der Waals surface area contributed by atoms with Crippen molar-refractivity contribution in [2.75, 3.05) is 23.6 Å². The predicted molar refractivity (Wildman–Crippen MR) is 120 cm³/mol. The highest BCUT2D eigenvalue weighted by molar-refractivity contribution is 6.46. The summed E-state index contributed by atoms with van der Waals surface area (Å²) in [5, 5.41) is 3.14. The first-order valence-electron chi connectivity index (χ1n) is 10.2. The second-order valence-electron chi connectivity index (χ2n) is 7.18. The molecule has 160 valence electrons. The molecule has 0 radical (unpaired) electrons. The first-order valence-corrected chi connectivity index (χ1v) is 10.2. The molecule has 0 unspecified atom stereocenters. The standard InChI is InChI=1S/C25H20N2O5/c1-2-30-19-11-8-16(9-12-19)22-23(26-17-10-13-20-21(14-17)32-15-31-20)25(29)27(24(22)28)18-6-4-3-5-7-18/h3-14,26H,2,15H2,1H3. The zero-order valence-electron chi connectivity index (χ0n) is 17.3. The van der Waals surface area contributed by atoms with Crippen LogP contribution in [-0.2, 0) is 9.59 Å². The number of fused-ring (bicyclic) bond motifs is 1. The third kappa shape index (κ3) is 3.43. The van der Waals surface area contributed by atoms with Gasteiger partial charge in [0.2, 0.25) is 6.79 Å². The third-order valence-corrected chi connectivity index (χ3v) is 5.19. The molecular weight excluding hydrogens is 408 g/mol. The van der Waals surface area contributed by atoms with Gasteiger partial charge in [-0.25, -0.2) is 4.90 Å². The first-order chi connectivity index (χ1) is 15.7. The number of imide groups is 1. The van der Waals surface area contributed by atoms with Gasteiger partial charge in [0.05, 0.1) is 17.9 Å². The molecule has 2 amide bonds. The number of carbonyl (C=O) groups is 2. The van der Waals surface area contributed by atoms with E-state index in [1.165, 1.54) is 4.90 Å². The normalized spacial score (nSPS) is 14.8. The van der Waals surface area contributed by atoms with Gasteiger partial charge in [-0.05, 0) is 48.9 Å². The Hall–Kier alpha value is -4.26. The molecule has 32 heavy (non-hydrogen) atoms. The quantitative estimate of drug-likeness (QED) is 0.593. The largest absolute Gasteiger partial charge is 0.494 e. The SMILES string of the molecule is CCOc1ccc(C2=C(Nc3ccc4c(c3)OCO4)C(=O)N(c3ccccc3)C2=O)cc1. The highest BCUT2D eigenvalue weighted by atomic mass is 16.7. The monoisotopic (exact) mass is 428 g/mol. The van der Waals surface area contributed by atoms with E-state index in [1.807, 2.05) is 13.0 Å². The van der Waals surface area contributed by atoms with Crippen LogP contribution >= 0.6 is 0 Å². The van der Waals surface area contributed by atoms with Gasteiger partial charge >= 0.3 is 0 Å². The highest BCUT2D eigenvalue weighted by Crippen LogP contribution is 2.37. The number of benzene rings is 3. The summed E-state index contributed by atoms with van der Waals surface area (Å²) in [5.41, 5.74) is 2.23. The Bertz CT molecular complexity index is 1220. The third-order valence-electron chi connectivity index (χ3n) is 5.19. The second kappa shape index (κ2) is 8.11. The van der Waals surface area contributed by atoms with Crippen LogP contribution < -0.4 is 24.4 Å². The minimum absolute atomic E-state index is 0.151. The lowest BCUT2D eigenvalue weighted by Crippen LogP contribution is -2.32. The number of hydrogen-bond donors (Lipinski definition) is 1. The first kappa shape index (κ1) is 19.7. The van der Waals surface area contributed by atoms with E-state index in [9.17, 15) is 9.59 Å². The molecule has 0 saturated heterocycles. The van der Waals surface area contributed by atoms with E-state index in [2.05, 4.69) is 5.32 Å². The van der Waals surface area contributed by atoms with Crippen LogP contribution in [0, 0.1) is 0 Å². The Morgan fingerprint density at radius 1 is 0.906 bits per heavy atom. The topological polar surface area (TPSA) is 77.1 Å². The lowest BCUT2D eigenvalue weighted by molar-refractivity contribution is -0.120. The average Bonchev–Trinajstić information content (AvgIpc) is 3.37. The van der Waals surface area contributed by atoms with Gasteiger partial charge in [-0.1, -0.05) is 30.3 Å². The van der Waals surface area contributed by atoms with Crippen LogP contribution in [0.25, 0.3) is 5.57 Å². The van der Waals surface area contributed by atoms with Crippen molar-refractivity contribution in [1.29, 1.82) is 0 Å². The maximum absolute atomic E-state index is 13.4. The van der Waals surface area contributed by atoms with Crippen molar-refractivity contribution in [3.8, 4) is 17.2 Å². The number of nitrogens with one attached hydrogen (secondary N) is 1. The molecule has 0 aliphatic carbocycles. The summed E-state index contributed by atoms with van der Waals surface area (Å²) < 4.78 is 16.3. The number of nitrogens with zero attached hydrogens (tertiary/aromatic N) is 1. The van der Waals surface area contributed by atoms with Crippen LogP contribution in [0.1, 0.15) is 12.5 Å². The molecule has 0 saturated carbocycles. The molecular formula is C25H20N2O5. The number of amides is 2. The molecule has 0 fully saturated rings. The molecule has 1 N–H and O–H groups in total. The Kier molecular flexibility index (Phi) is 4.99. The molecule has 2 aliphatic heterocycles. The number of hydrogen-bond acceptors (Lipinski definition) is 6. The van der Waals surface area contributed by atoms with Crippen LogP contribution in [0.2, 0.25) is 0 Å². The van der Waals surface area contributed by atoms with E-state index in [0.29, 0.717) is 46.4 Å². The number of rotatable bonds is 6. The fraction of sp³-hybridized carbons (Fsp3) is 0.120. The molecule has 5 rings (SSSR count). The lowest BCUT2D eigenvalue weighted by Gasteiger charge is -2.15. The van der Waals surface area contributed by atoms with Crippen LogP contribution in [0.4, 0.5) is 11.4 Å². The van der Waals surface area contributed by atoms with Crippen LogP contribution in [0.5, 0.6) is 17.2 Å². The van der Waals surface area contributed by atoms with E-state index in [1.54, 1.807) is 66.7 Å². The summed E-state index contributed by atoms with van der Waals surface area (Å²) >= 11 is 0. The number of ether oxygens (including phenoxy) is 3. The summed E-state index contributed by atoms with van der Waals surface area (Å²) in [6, 6.07) is 21.3. The van der Waals surface area contributed by atoms with Gasteiger partial charge in [-0.15, -0.1) is 0 Å². The summed E-state index contributed by atoms with van der Waals surface area (Å²) in [7, 11) is 0. The van der Waals surface area contributed by atoms with Gasteiger partial charge < -0.3 is 19.5 Å². The van der Waals surface area contributed by atoms with E-state index in [0.717, 1.165) is 0 Å². The highest BCUT2D eigenvalue weighted by Gasteiger charge is 2.40. The molecule has 0 atom stereocenters. The number of carbonyl (C=O) groups excluding carboxylic acids is 2. The van der Waals surface area contributed by atoms with Crippen molar-refractivity contribution in [1.82, 2.24) is 0 Å². The molecule has 0 spiro atoms. The molecule has 2 heterocycles. The summed E-state index contributed by atoms with van der Waals surface area (Å²) in [6.45, 7) is 2.59. The Balaban J connectivity index is 1.57. The molecule has 7 heteroatoms. The Morgan fingerprint density at radius 3 is 2.41 bits per heavy atom. The van der Waals surface area contributed by atoms with Crippen LogP contribution in [-0.4, -0.2) is 25.2 Å². The average molecular weight is 428 g/mol. The van der Waals surface area contributed by atoms with E-state index >= 15 is 0 Å². The number of para-hydroxylation sites is 1. The summed E-state index contributed by atoms with van der Waals surface area (Å²) in [6.07, 6.45) is 0. The Morgan fingerprint density at radius 2 is 1.66 bits per heavy atom. The van der Waals surface area contributed by atoms with Gasteiger partial charge in [0.1, 0.15) is 11.4 Å². The lowest BCUT2D eigenvalue weighted by atomic mass is 10.0. The number of anilines is 2. The van der Waals surface area contributed by atoms with Crippen LogP contribution in [0.3, 0.4) is 0 Å². The maximum Gasteiger partial charge on any atom is 0.282 e. The van der Waals surface area contributed by atoms with Gasteiger partial charge in [0.25, 0.3) is 11.8 Å². The maximum atomic E-state index is 13.4. The van der Waals surface area contributed by atoms with Crippen molar-refractivity contribution >= 4 is 28.8 Å². The van der Waals surface area contributed by atoms with Gasteiger partial charge in [-0.2, -0.15) is 0 Å². The van der Waals surface area contributed by atoms with Gasteiger partial charge in [0.15, 0.2) is 11.5 Å². The van der Waals surface area contributed by atoms with Crippen molar-refractivity contribution < 1.29 is 23.8 Å².